The predicted molar refractivity (Wildman–Crippen MR) is 90.0 cm³/mol. The molecule has 1 atom stereocenters. The average molecular weight is 335 g/mol. The first-order valence-corrected chi connectivity index (χ1v) is 8.28. The van der Waals surface area contributed by atoms with Gasteiger partial charge in [-0.3, -0.25) is 4.90 Å². The summed E-state index contributed by atoms with van der Waals surface area (Å²) in [4.78, 5) is 13.3. The number of amides is 1. The number of ether oxygens (including phenoxy) is 1. The lowest BCUT2D eigenvalue weighted by Crippen LogP contribution is -2.41. The molecule has 0 bridgehead atoms. The van der Waals surface area contributed by atoms with Crippen molar-refractivity contribution < 1.29 is 23.2 Å². The molecule has 2 heterocycles. The topological polar surface area (TPSA) is 48.0 Å². The fourth-order valence-corrected chi connectivity index (χ4v) is 2.79. The number of hydrogen-bond donors (Lipinski definition) is 0. The number of anilines is 1. The van der Waals surface area contributed by atoms with E-state index in [0.717, 1.165) is 6.42 Å². The zero-order valence-electron chi connectivity index (χ0n) is 14.8. The van der Waals surface area contributed by atoms with Crippen molar-refractivity contribution in [2.45, 2.75) is 58.3 Å². The lowest BCUT2D eigenvalue weighted by Gasteiger charge is -2.32. The summed E-state index contributed by atoms with van der Waals surface area (Å²) in [5.74, 6) is -0.459. The summed E-state index contributed by atoms with van der Waals surface area (Å²) in [5, 5.41) is 0. The zero-order chi connectivity index (χ0) is 17.7. The number of hydrogen-bond acceptors (Lipinski definition) is 4. The molecule has 5 nitrogen and oxygen atoms in total. The van der Waals surface area contributed by atoms with Gasteiger partial charge >= 0.3 is 13.2 Å². The highest BCUT2D eigenvalue weighted by Crippen LogP contribution is 2.36. The van der Waals surface area contributed by atoms with Crippen molar-refractivity contribution in [3.63, 3.8) is 0 Å². The van der Waals surface area contributed by atoms with Gasteiger partial charge in [-0.05, 0) is 46.2 Å². The number of cyclic esters (lactones) is 1. The van der Waals surface area contributed by atoms with E-state index in [0.29, 0.717) is 17.7 Å². The molecule has 0 saturated carbocycles. The molecule has 2 aliphatic heterocycles. The van der Waals surface area contributed by atoms with Gasteiger partial charge in [0.25, 0.3) is 0 Å². The lowest BCUT2D eigenvalue weighted by atomic mass is 9.78. The fraction of sp³-hybridized carbons (Fsp3) is 0.588. The standard InChI is InChI=1S/C17H23BFNO4/c1-6-12-10-20(15(21)22-12)11-7-8-13(14(19)9-11)18-23-16(2,3)17(4,5)24-18/h7-9,12H,6,10H2,1-5H3. The Labute approximate surface area is 142 Å². The SMILES string of the molecule is CCC1CN(c2ccc(B3OC(C)(C)C(C)(C)O3)c(F)c2)C(=O)O1. The molecule has 24 heavy (non-hydrogen) atoms. The second-order valence-corrected chi connectivity index (χ2v) is 7.32. The van der Waals surface area contributed by atoms with E-state index in [-0.39, 0.29) is 6.10 Å². The predicted octanol–water partition coefficient (Wildman–Crippen LogP) is 2.86. The van der Waals surface area contributed by atoms with Crippen LogP contribution >= 0.6 is 0 Å². The first-order valence-electron chi connectivity index (χ1n) is 8.28. The van der Waals surface area contributed by atoms with Gasteiger partial charge in [-0.2, -0.15) is 0 Å². The average Bonchev–Trinajstić information content (AvgIpc) is 2.96. The maximum Gasteiger partial charge on any atom is 0.497 e. The van der Waals surface area contributed by atoms with Gasteiger partial charge in [0, 0.05) is 5.46 Å². The van der Waals surface area contributed by atoms with Crippen LogP contribution in [0, 0.1) is 5.82 Å². The summed E-state index contributed by atoms with van der Waals surface area (Å²) in [6, 6.07) is 4.64. The normalized spacial score (nSPS) is 25.2. The van der Waals surface area contributed by atoms with Crippen molar-refractivity contribution in [1.82, 2.24) is 0 Å². The van der Waals surface area contributed by atoms with E-state index in [9.17, 15) is 9.18 Å². The first-order chi connectivity index (χ1) is 11.1. The van der Waals surface area contributed by atoms with Crippen LogP contribution in [0.2, 0.25) is 0 Å². The van der Waals surface area contributed by atoms with Gasteiger partial charge in [0.15, 0.2) is 0 Å². The first kappa shape index (κ1) is 17.2. The number of benzene rings is 1. The second-order valence-electron chi connectivity index (χ2n) is 7.32. The highest BCUT2D eigenvalue weighted by molar-refractivity contribution is 6.62. The maximum atomic E-state index is 14.6. The summed E-state index contributed by atoms with van der Waals surface area (Å²) in [6.45, 7) is 10.1. The summed E-state index contributed by atoms with van der Waals surface area (Å²) >= 11 is 0. The van der Waals surface area contributed by atoms with Crippen LogP contribution in [0.3, 0.4) is 0 Å². The van der Waals surface area contributed by atoms with E-state index in [1.54, 1.807) is 12.1 Å². The van der Waals surface area contributed by atoms with Crippen LogP contribution in [-0.2, 0) is 14.0 Å². The summed E-state index contributed by atoms with van der Waals surface area (Å²) in [7, 11) is -0.766. The van der Waals surface area contributed by atoms with Gasteiger partial charge in [0.1, 0.15) is 11.9 Å². The van der Waals surface area contributed by atoms with Gasteiger partial charge in [-0.1, -0.05) is 13.0 Å². The van der Waals surface area contributed by atoms with Gasteiger partial charge in [-0.25, -0.2) is 9.18 Å². The minimum absolute atomic E-state index is 0.150. The molecule has 0 N–H and O–H groups in total. The fourth-order valence-electron chi connectivity index (χ4n) is 2.79. The van der Waals surface area contributed by atoms with Crippen LogP contribution in [0.5, 0.6) is 0 Å². The smallest absolute Gasteiger partial charge is 0.444 e. The molecule has 1 aromatic rings. The van der Waals surface area contributed by atoms with Gasteiger partial charge < -0.3 is 14.0 Å². The van der Waals surface area contributed by atoms with E-state index >= 15 is 0 Å². The molecule has 130 valence electrons. The molecule has 3 rings (SSSR count). The Bertz CT molecular complexity index is 648. The largest absolute Gasteiger partial charge is 0.497 e. The Morgan fingerprint density at radius 2 is 1.88 bits per heavy atom. The summed E-state index contributed by atoms with van der Waals surface area (Å²) < 4.78 is 31.6. The highest BCUT2D eigenvalue weighted by Gasteiger charge is 2.52. The Kier molecular flexibility index (Phi) is 4.12. The third-order valence-electron chi connectivity index (χ3n) is 5.13. The summed E-state index contributed by atoms with van der Waals surface area (Å²) in [6.07, 6.45) is 0.143. The van der Waals surface area contributed by atoms with Gasteiger partial charge in [0.2, 0.25) is 0 Å². The quantitative estimate of drug-likeness (QED) is 0.797. The van der Waals surface area contributed by atoms with Crippen LogP contribution in [0.1, 0.15) is 41.0 Å². The van der Waals surface area contributed by atoms with Crippen molar-refractivity contribution in [3.8, 4) is 0 Å². The highest BCUT2D eigenvalue weighted by atomic mass is 19.1. The monoisotopic (exact) mass is 335 g/mol. The van der Waals surface area contributed by atoms with Crippen molar-refractivity contribution in [2.24, 2.45) is 0 Å². The van der Waals surface area contributed by atoms with E-state index in [1.165, 1.54) is 11.0 Å². The van der Waals surface area contributed by atoms with E-state index < -0.39 is 30.2 Å². The third-order valence-corrected chi connectivity index (χ3v) is 5.13. The minimum Gasteiger partial charge on any atom is -0.444 e. The Morgan fingerprint density at radius 1 is 1.25 bits per heavy atom. The lowest BCUT2D eigenvalue weighted by molar-refractivity contribution is 0.00578. The van der Waals surface area contributed by atoms with Crippen LogP contribution in [0.25, 0.3) is 0 Å². The molecule has 2 fully saturated rings. The van der Waals surface area contributed by atoms with E-state index in [4.69, 9.17) is 14.0 Å². The molecule has 0 radical (unpaired) electrons. The maximum absolute atomic E-state index is 14.6. The molecule has 2 aliphatic rings. The van der Waals surface area contributed by atoms with Crippen LogP contribution in [-0.4, -0.2) is 37.1 Å². The molecule has 2 saturated heterocycles. The molecule has 0 aromatic heterocycles. The van der Waals surface area contributed by atoms with Gasteiger partial charge in [0.05, 0.1) is 23.4 Å². The number of rotatable bonds is 3. The molecule has 1 amide bonds. The second kappa shape index (κ2) is 5.74. The Balaban J connectivity index is 1.83. The Morgan fingerprint density at radius 3 is 2.38 bits per heavy atom. The van der Waals surface area contributed by atoms with Crippen molar-refractivity contribution in [2.75, 3.05) is 11.4 Å². The van der Waals surface area contributed by atoms with Crippen LogP contribution in [0.4, 0.5) is 14.9 Å². The van der Waals surface area contributed by atoms with Crippen LogP contribution in [0.15, 0.2) is 18.2 Å². The molecule has 7 heteroatoms. The van der Waals surface area contributed by atoms with Crippen LogP contribution < -0.4 is 10.4 Å². The van der Waals surface area contributed by atoms with Crippen molar-refractivity contribution >= 4 is 24.4 Å². The van der Waals surface area contributed by atoms with Crippen molar-refractivity contribution in [1.29, 1.82) is 0 Å². The minimum atomic E-state index is -0.766. The molecular weight excluding hydrogens is 312 g/mol. The number of carbonyl (C=O) groups excluding carboxylic acids is 1. The third kappa shape index (κ3) is 2.80. The number of carbonyl (C=O) groups is 1. The van der Waals surface area contributed by atoms with E-state index in [1.807, 2.05) is 34.6 Å². The van der Waals surface area contributed by atoms with Crippen molar-refractivity contribution in [3.05, 3.63) is 24.0 Å². The molecule has 1 unspecified atom stereocenters. The Hall–Kier alpha value is -1.60. The molecular formula is C17H23BFNO4. The molecule has 0 aliphatic carbocycles. The van der Waals surface area contributed by atoms with E-state index in [2.05, 4.69) is 0 Å². The summed E-state index contributed by atoms with van der Waals surface area (Å²) in [5.41, 5.74) is -0.253. The zero-order valence-corrected chi connectivity index (χ0v) is 14.8. The number of nitrogens with zero attached hydrogens (tertiary/aromatic N) is 1. The number of halogens is 1. The molecule has 1 aromatic carbocycles. The molecule has 0 spiro atoms. The van der Waals surface area contributed by atoms with Gasteiger partial charge in [-0.15, -0.1) is 0 Å².